The number of halogens is 3. The quantitative estimate of drug-likeness (QED) is 0.396. The third kappa shape index (κ3) is 3.44. The molecule has 4 rings (SSSR count). The van der Waals surface area contributed by atoms with Crippen LogP contribution in [0.25, 0.3) is 11.1 Å². The molecule has 0 bridgehead atoms. The van der Waals surface area contributed by atoms with E-state index in [1.54, 1.807) is 30.3 Å². The van der Waals surface area contributed by atoms with Gasteiger partial charge in [0.15, 0.2) is 0 Å². The van der Waals surface area contributed by atoms with Gasteiger partial charge in [-0.3, -0.25) is 0 Å². The summed E-state index contributed by atoms with van der Waals surface area (Å²) in [6.07, 6.45) is -0.389. The molecule has 1 heterocycles. The molecule has 5 heteroatoms. The molecule has 0 aromatic heterocycles. The molecule has 0 aliphatic carbocycles. The number of ether oxygens (including phenoxy) is 1. The average molecular weight is 493 g/mol. The number of phenols is 1. The van der Waals surface area contributed by atoms with Crippen LogP contribution in [0, 0.1) is 9.39 Å². The Morgan fingerprint density at radius 2 is 1.78 bits per heavy atom. The zero-order valence-electron chi connectivity index (χ0n) is 14.3. The molecule has 1 aliphatic rings. The van der Waals surface area contributed by atoms with Crippen molar-refractivity contribution in [3.63, 3.8) is 0 Å². The normalized spacial score (nSPS) is 16.1. The number of rotatable bonds is 2. The molecule has 1 N–H and O–H groups in total. The van der Waals surface area contributed by atoms with E-state index in [9.17, 15) is 9.50 Å². The molecular formula is C22H15ClFIO2. The van der Waals surface area contributed by atoms with Crippen LogP contribution >= 0.6 is 34.2 Å². The highest BCUT2D eigenvalue weighted by atomic mass is 127. The Balaban J connectivity index is 1.95. The van der Waals surface area contributed by atoms with Crippen molar-refractivity contribution in [3.05, 3.63) is 91.8 Å². The minimum absolute atomic E-state index is 0.0811. The number of benzene rings is 3. The molecular weight excluding hydrogens is 478 g/mol. The Kier molecular flexibility index (Phi) is 4.86. The maximum atomic E-state index is 14.2. The topological polar surface area (TPSA) is 29.5 Å². The summed E-state index contributed by atoms with van der Waals surface area (Å²) in [5, 5.41) is 9.98. The second kappa shape index (κ2) is 7.17. The van der Waals surface area contributed by atoms with E-state index in [2.05, 4.69) is 22.6 Å². The van der Waals surface area contributed by atoms with Crippen LogP contribution in [0.15, 0.2) is 60.7 Å². The Bertz CT molecular complexity index is 1060. The summed E-state index contributed by atoms with van der Waals surface area (Å²) >= 11 is 8.13. The zero-order valence-corrected chi connectivity index (χ0v) is 17.3. The van der Waals surface area contributed by atoms with E-state index in [1.807, 2.05) is 31.2 Å². The van der Waals surface area contributed by atoms with Gasteiger partial charge in [-0.25, -0.2) is 4.39 Å². The van der Waals surface area contributed by atoms with Crippen LogP contribution in [-0.2, 0) is 0 Å². The molecule has 0 saturated heterocycles. The average Bonchev–Trinajstić information content (AvgIpc) is 2.65. The van der Waals surface area contributed by atoms with Crippen LogP contribution in [0.3, 0.4) is 0 Å². The van der Waals surface area contributed by atoms with Crippen LogP contribution in [-0.4, -0.2) is 5.11 Å². The number of aromatic hydroxyl groups is 1. The van der Waals surface area contributed by atoms with Crippen molar-refractivity contribution in [2.45, 2.75) is 13.0 Å². The smallest absolute Gasteiger partial charge is 0.150 e. The molecule has 0 saturated carbocycles. The summed E-state index contributed by atoms with van der Waals surface area (Å²) in [6.45, 7) is 1.96. The fourth-order valence-electron chi connectivity index (χ4n) is 3.35. The highest BCUT2D eigenvalue weighted by Gasteiger charge is 2.29. The molecule has 0 unspecified atom stereocenters. The largest absolute Gasteiger partial charge is 0.508 e. The summed E-state index contributed by atoms with van der Waals surface area (Å²) in [5.41, 5.74) is 4.25. The summed E-state index contributed by atoms with van der Waals surface area (Å²) < 4.78 is 21.6. The SMILES string of the molecule is CC1=C(c2ccc(Cl)c(F)c2)[C@@H](c2ccc(I)cc2)Oc2ccc(O)cc21. The van der Waals surface area contributed by atoms with E-state index in [1.165, 1.54) is 6.07 Å². The van der Waals surface area contributed by atoms with Gasteiger partial charge in [0.25, 0.3) is 0 Å². The molecule has 27 heavy (non-hydrogen) atoms. The van der Waals surface area contributed by atoms with Gasteiger partial charge in [0, 0.05) is 14.7 Å². The van der Waals surface area contributed by atoms with Crippen LogP contribution in [0.2, 0.25) is 5.02 Å². The number of allylic oxidation sites excluding steroid dienone is 1. The zero-order chi connectivity index (χ0) is 19.1. The molecule has 0 fully saturated rings. The molecule has 1 aliphatic heterocycles. The number of hydrogen-bond acceptors (Lipinski definition) is 2. The maximum absolute atomic E-state index is 14.2. The highest BCUT2D eigenvalue weighted by Crippen LogP contribution is 2.47. The van der Waals surface area contributed by atoms with E-state index in [-0.39, 0.29) is 16.9 Å². The predicted molar refractivity (Wildman–Crippen MR) is 115 cm³/mol. The number of fused-ring (bicyclic) bond motifs is 1. The van der Waals surface area contributed by atoms with Crippen LogP contribution < -0.4 is 4.74 Å². The van der Waals surface area contributed by atoms with Gasteiger partial charge in [-0.15, -0.1) is 0 Å². The van der Waals surface area contributed by atoms with E-state index in [4.69, 9.17) is 16.3 Å². The second-order valence-corrected chi connectivity index (χ2v) is 8.05. The standard InChI is InChI=1S/C22H15ClFIO2/c1-12-17-11-16(26)7-9-20(17)27-22(13-2-5-15(25)6-3-13)21(12)14-4-8-18(23)19(24)10-14/h2-11,22,26H,1H3/t22-/m1/s1. The molecule has 3 aromatic carbocycles. The minimum Gasteiger partial charge on any atom is -0.508 e. The van der Waals surface area contributed by atoms with Crippen molar-refractivity contribution in [2.24, 2.45) is 0 Å². The first-order valence-corrected chi connectivity index (χ1v) is 9.81. The summed E-state index contributed by atoms with van der Waals surface area (Å²) in [6, 6.07) is 17.9. The molecule has 0 amide bonds. The molecule has 3 aromatic rings. The molecule has 1 atom stereocenters. The van der Waals surface area contributed by atoms with Crippen molar-refractivity contribution in [3.8, 4) is 11.5 Å². The lowest BCUT2D eigenvalue weighted by Gasteiger charge is -2.31. The van der Waals surface area contributed by atoms with Crippen LogP contribution in [0.4, 0.5) is 4.39 Å². The van der Waals surface area contributed by atoms with E-state index in [0.717, 1.165) is 25.8 Å². The Labute approximate surface area is 175 Å². The lowest BCUT2D eigenvalue weighted by atomic mass is 9.86. The fraction of sp³-hybridized carbons (Fsp3) is 0.0909. The lowest BCUT2D eigenvalue weighted by molar-refractivity contribution is 0.259. The van der Waals surface area contributed by atoms with Gasteiger partial charge >= 0.3 is 0 Å². The van der Waals surface area contributed by atoms with Crippen LogP contribution in [0.5, 0.6) is 11.5 Å². The van der Waals surface area contributed by atoms with Crippen molar-refractivity contribution in [1.29, 1.82) is 0 Å². The first-order valence-electron chi connectivity index (χ1n) is 8.36. The highest BCUT2D eigenvalue weighted by molar-refractivity contribution is 14.1. The fourth-order valence-corrected chi connectivity index (χ4v) is 3.82. The first-order chi connectivity index (χ1) is 12.9. The van der Waals surface area contributed by atoms with Crippen molar-refractivity contribution >= 4 is 45.3 Å². The lowest BCUT2D eigenvalue weighted by Crippen LogP contribution is -2.16. The molecule has 0 spiro atoms. The Morgan fingerprint density at radius 3 is 2.48 bits per heavy atom. The Morgan fingerprint density at radius 1 is 1.04 bits per heavy atom. The molecule has 0 radical (unpaired) electrons. The van der Waals surface area contributed by atoms with Crippen molar-refractivity contribution in [2.75, 3.05) is 0 Å². The third-order valence-corrected chi connectivity index (χ3v) is 5.71. The number of phenolic OH excluding ortho intramolecular Hbond substituents is 1. The third-order valence-electron chi connectivity index (χ3n) is 4.68. The second-order valence-electron chi connectivity index (χ2n) is 6.40. The first kappa shape index (κ1) is 18.3. The van der Waals surface area contributed by atoms with Gasteiger partial charge < -0.3 is 9.84 Å². The van der Waals surface area contributed by atoms with Gasteiger partial charge in [0.2, 0.25) is 0 Å². The van der Waals surface area contributed by atoms with Gasteiger partial charge in [-0.1, -0.05) is 29.8 Å². The monoisotopic (exact) mass is 492 g/mol. The maximum Gasteiger partial charge on any atom is 0.150 e. The van der Waals surface area contributed by atoms with Crippen molar-refractivity contribution in [1.82, 2.24) is 0 Å². The Hall–Kier alpha value is -2.05. The van der Waals surface area contributed by atoms with E-state index >= 15 is 0 Å². The minimum atomic E-state index is -0.475. The van der Waals surface area contributed by atoms with Gasteiger partial charge in [0.1, 0.15) is 23.4 Å². The summed E-state index contributed by atoms with van der Waals surface area (Å²) in [4.78, 5) is 0. The van der Waals surface area contributed by atoms with Crippen molar-refractivity contribution < 1.29 is 14.2 Å². The predicted octanol–water partition coefficient (Wildman–Crippen LogP) is 6.85. The summed E-state index contributed by atoms with van der Waals surface area (Å²) in [5.74, 6) is 0.371. The van der Waals surface area contributed by atoms with E-state index in [0.29, 0.717) is 11.3 Å². The molecule has 2 nitrogen and oxygen atoms in total. The van der Waals surface area contributed by atoms with Gasteiger partial charge in [-0.05, 0) is 88.7 Å². The van der Waals surface area contributed by atoms with E-state index < -0.39 is 5.82 Å². The number of hydrogen-bond donors (Lipinski definition) is 1. The summed E-state index contributed by atoms with van der Waals surface area (Å²) in [7, 11) is 0. The van der Waals surface area contributed by atoms with Gasteiger partial charge in [0.05, 0.1) is 5.02 Å². The molecule has 136 valence electrons. The van der Waals surface area contributed by atoms with Crippen LogP contribution in [0.1, 0.15) is 29.7 Å². The van der Waals surface area contributed by atoms with Gasteiger partial charge in [-0.2, -0.15) is 0 Å².